The minimum atomic E-state index is -0.479. The third-order valence-corrected chi connectivity index (χ3v) is 4.16. The molecule has 124 valence electrons. The van der Waals surface area contributed by atoms with Gasteiger partial charge in [0.2, 0.25) is 5.91 Å². The highest BCUT2D eigenvalue weighted by atomic mass is 79.9. The second-order valence-corrected chi connectivity index (χ2v) is 6.04. The van der Waals surface area contributed by atoms with E-state index in [1.807, 2.05) is 7.05 Å². The summed E-state index contributed by atoms with van der Waals surface area (Å²) < 4.78 is 3.98. The van der Waals surface area contributed by atoms with E-state index in [1.54, 1.807) is 29.7 Å². The first kappa shape index (κ1) is 17.1. The standard InChI is InChI=1S/C13H17BrN6O3/c1-9-11(20(22)23)8-19(16-9)5-4-13(21)17(2)7-12-10(14)6-15-18(12)3/h6,8H,4-5,7H2,1-3H3. The predicted molar refractivity (Wildman–Crippen MR) is 85.6 cm³/mol. The smallest absolute Gasteiger partial charge is 0.309 e. The van der Waals surface area contributed by atoms with Crippen molar-refractivity contribution in [3.8, 4) is 0 Å². The second-order valence-electron chi connectivity index (χ2n) is 5.18. The summed E-state index contributed by atoms with van der Waals surface area (Å²) >= 11 is 3.40. The van der Waals surface area contributed by atoms with Crippen molar-refractivity contribution in [2.75, 3.05) is 7.05 Å². The lowest BCUT2D eigenvalue weighted by Crippen LogP contribution is -2.28. The van der Waals surface area contributed by atoms with Crippen molar-refractivity contribution < 1.29 is 9.72 Å². The molecule has 0 aliphatic rings. The van der Waals surface area contributed by atoms with Crippen LogP contribution >= 0.6 is 15.9 Å². The van der Waals surface area contributed by atoms with Crippen molar-refractivity contribution in [3.05, 3.63) is 38.4 Å². The lowest BCUT2D eigenvalue weighted by molar-refractivity contribution is -0.385. The zero-order chi connectivity index (χ0) is 17.1. The molecular weight excluding hydrogens is 368 g/mol. The summed E-state index contributed by atoms with van der Waals surface area (Å²) in [4.78, 5) is 24.1. The van der Waals surface area contributed by atoms with Crippen LogP contribution in [0.5, 0.6) is 0 Å². The lowest BCUT2D eigenvalue weighted by atomic mass is 10.3. The molecular formula is C13H17BrN6O3. The van der Waals surface area contributed by atoms with Gasteiger partial charge in [-0.2, -0.15) is 10.2 Å². The summed E-state index contributed by atoms with van der Waals surface area (Å²) in [6.07, 6.45) is 3.24. The molecule has 0 saturated carbocycles. The average Bonchev–Trinajstić information content (AvgIpc) is 3.01. The number of carbonyl (C=O) groups is 1. The Labute approximate surface area is 141 Å². The Morgan fingerprint density at radius 2 is 2.22 bits per heavy atom. The van der Waals surface area contributed by atoms with Crippen LogP contribution in [-0.2, 0) is 24.9 Å². The lowest BCUT2D eigenvalue weighted by Gasteiger charge is -2.17. The first-order chi connectivity index (χ1) is 10.8. The number of hydrogen-bond donors (Lipinski definition) is 0. The fourth-order valence-corrected chi connectivity index (χ4v) is 2.60. The number of nitrogens with zero attached hydrogens (tertiary/aromatic N) is 6. The number of aryl methyl sites for hydroxylation is 3. The van der Waals surface area contributed by atoms with Crippen LogP contribution in [0.15, 0.2) is 16.9 Å². The molecule has 0 atom stereocenters. The van der Waals surface area contributed by atoms with Gasteiger partial charge in [0.15, 0.2) is 0 Å². The number of carbonyl (C=O) groups excluding carboxylic acids is 1. The van der Waals surface area contributed by atoms with Crippen LogP contribution < -0.4 is 0 Å². The first-order valence-corrected chi connectivity index (χ1v) is 7.67. The maximum atomic E-state index is 12.2. The van der Waals surface area contributed by atoms with Crippen LogP contribution in [-0.4, -0.2) is 42.3 Å². The molecule has 0 N–H and O–H groups in total. The predicted octanol–water partition coefficient (Wildman–Crippen LogP) is 1.64. The summed E-state index contributed by atoms with van der Waals surface area (Å²) in [5.74, 6) is -0.0751. The molecule has 0 radical (unpaired) electrons. The number of aromatic nitrogens is 4. The van der Waals surface area contributed by atoms with Gasteiger partial charge in [-0.25, -0.2) is 0 Å². The quantitative estimate of drug-likeness (QED) is 0.556. The highest BCUT2D eigenvalue weighted by molar-refractivity contribution is 9.10. The van der Waals surface area contributed by atoms with Gasteiger partial charge in [-0.1, -0.05) is 0 Å². The van der Waals surface area contributed by atoms with Gasteiger partial charge in [0.25, 0.3) is 0 Å². The Kier molecular flexibility index (Phi) is 5.14. The van der Waals surface area contributed by atoms with Crippen molar-refractivity contribution in [1.29, 1.82) is 0 Å². The number of rotatable bonds is 6. The molecule has 9 nitrogen and oxygen atoms in total. The van der Waals surface area contributed by atoms with E-state index in [0.29, 0.717) is 18.8 Å². The van der Waals surface area contributed by atoms with Crippen molar-refractivity contribution in [3.63, 3.8) is 0 Å². The molecule has 2 aromatic rings. The van der Waals surface area contributed by atoms with Crippen molar-refractivity contribution >= 4 is 27.5 Å². The highest BCUT2D eigenvalue weighted by Crippen LogP contribution is 2.17. The van der Waals surface area contributed by atoms with E-state index in [0.717, 1.165) is 10.2 Å². The number of amides is 1. The van der Waals surface area contributed by atoms with Gasteiger partial charge in [0.1, 0.15) is 11.9 Å². The molecule has 0 aliphatic carbocycles. The summed E-state index contributed by atoms with van der Waals surface area (Å²) in [5.41, 5.74) is 1.20. The molecule has 0 bridgehead atoms. The van der Waals surface area contributed by atoms with Crippen LogP contribution in [0.3, 0.4) is 0 Å². The Morgan fingerprint density at radius 3 is 2.74 bits per heavy atom. The van der Waals surface area contributed by atoms with E-state index in [4.69, 9.17) is 0 Å². The second kappa shape index (κ2) is 6.90. The molecule has 0 aliphatic heterocycles. The van der Waals surface area contributed by atoms with Gasteiger partial charge < -0.3 is 4.90 Å². The normalized spacial score (nSPS) is 10.8. The van der Waals surface area contributed by atoms with Crippen molar-refractivity contribution in [1.82, 2.24) is 24.5 Å². The molecule has 23 heavy (non-hydrogen) atoms. The zero-order valence-corrected chi connectivity index (χ0v) is 14.6. The third-order valence-electron chi connectivity index (χ3n) is 3.50. The number of hydrogen-bond acceptors (Lipinski definition) is 5. The number of halogens is 1. The topological polar surface area (TPSA) is 99.1 Å². The monoisotopic (exact) mass is 384 g/mol. The Balaban J connectivity index is 1.94. The van der Waals surface area contributed by atoms with Gasteiger partial charge >= 0.3 is 5.69 Å². The van der Waals surface area contributed by atoms with Crippen LogP contribution in [0, 0.1) is 17.0 Å². The molecule has 0 fully saturated rings. The minimum absolute atomic E-state index is 0.0374. The summed E-state index contributed by atoms with van der Waals surface area (Å²) in [6.45, 7) is 2.29. The Bertz CT molecular complexity index is 719. The fourth-order valence-electron chi connectivity index (χ4n) is 2.13. The van der Waals surface area contributed by atoms with E-state index >= 15 is 0 Å². The minimum Gasteiger partial charge on any atom is -0.340 e. The molecule has 10 heteroatoms. The van der Waals surface area contributed by atoms with Crippen molar-refractivity contribution in [2.45, 2.75) is 26.4 Å². The van der Waals surface area contributed by atoms with Gasteiger partial charge in [0, 0.05) is 27.1 Å². The van der Waals surface area contributed by atoms with Crippen LogP contribution in [0.25, 0.3) is 0 Å². The zero-order valence-electron chi connectivity index (χ0n) is 13.1. The summed E-state index contributed by atoms with van der Waals surface area (Å²) in [5, 5.41) is 18.9. The van der Waals surface area contributed by atoms with Crippen LogP contribution in [0.2, 0.25) is 0 Å². The summed E-state index contributed by atoms with van der Waals surface area (Å²) in [7, 11) is 3.52. The molecule has 2 aromatic heterocycles. The summed E-state index contributed by atoms with van der Waals surface area (Å²) in [6, 6.07) is 0. The maximum Gasteiger partial charge on any atom is 0.309 e. The van der Waals surface area contributed by atoms with Gasteiger partial charge in [0.05, 0.1) is 27.8 Å². The fraction of sp³-hybridized carbons (Fsp3) is 0.462. The van der Waals surface area contributed by atoms with E-state index in [1.165, 1.54) is 10.9 Å². The molecule has 1 amide bonds. The van der Waals surface area contributed by atoms with Gasteiger partial charge in [-0.05, 0) is 22.9 Å². The third kappa shape index (κ3) is 3.95. The van der Waals surface area contributed by atoms with E-state index in [9.17, 15) is 14.9 Å². The Hall–Kier alpha value is -2.23. The molecule has 0 saturated heterocycles. The SMILES string of the molecule is Cc1nn(CCC(=O)N(C)Cc2c(Br)cnn2C)cc1[N+](=O)[O-]. The first-order valence-electron chi connectivity index (χ1n) is 6.88. The molecule has 2 rings (SSSR count). The largest absolute Gasteiger partial charge is 0.340 e. The number of nitro groups is 1. The van der Waals surface area contributed by atoms with E-state index < -0.39 is 4.92 Å². The molecule has 0 aromatic carbocycles. The van der Waals surface area contributed by atoms with Gasteiger partial charge in [-0.3, -0.25) is 24.3 Å². The maximum absolute atomic E-state index is 12.2. The molecule has 0 unspecified atom stereocenters. The van der Waals surface area contributed by atoms with E-state index in [2.05, 4.69) is 26.1 Å². The Morgan fingerprint density at radius 1 is 1.52 bits per heavy atom. The van der Waals surface area contributed by atoms with E-state index in [-0.39, 0.29) is 18.0 Å². The van der Waals surface area contributed by atoms with Crippen LogP contribution in [0.1, 0.15) is 17.8 Å². The van der Waals surface area contributed by atoms with Gasteiger partial charge in [-0.15, -0.1) is 0 Å². The van der Waals surface area contributed by atoms with Crippen LogP contribution in [0.4, 0.5) is 5.69 Å². The molecule has 0 spiro atoms. The average molecular weight is 385 g/mol. The van der Waals surface area contributed by atoms with Crippen molar-refractivity contribution in [2.24, 2.45) is 7.05 Å². The molecule has 2 heterocycles. The highest BCUT2D eigenvalue weighted by Gasteiger charge is 2.17.